The molecule has 2 unspecified atom stereocenters. The zero-order chi connectivity index (χ0) is 55.0. The van der Waals surface area contributed by atoms with Gasteiger partial charge in [0, 0.05) is 32.7 Å². The first-order chi connectivity index (χ1) is 36.7. The quantitative estimate of drug-likeness (QED) is 0.0476. The van der Waals surface area contributed by atoms with Crippen molar-refractivity contribution >= 4 is 11.9 Å². The predicted molar refractivity (Wildman–Crippen MR) is 323 cm³/mol. The van der Waals surface area contributed by atoms with Gasteiger partial charge in [0.05, 0.1) is 25.4 Å². The highest BCUT2D eigenvalue weighted by atomic mass is 16.5. The minimum absolute atomic E-state index is 0.00387. The second-order valence-corrected chi connectivity index (χ2v) is 23.6. The second-order valence-electron chi connectivity index (χ2n) is 23.6. The number of hydrogen-bond acceptors (Lipinski definition) is 8. The number of rotatable bonds is 53. The van der Waals surface area contributed by atoms with Gasteiger partial charge < -0.3 is 29.0 Å². The molecule has 2 aliphatic rings. The molecule has 0 bridgehead atoms. The number of piperidine rings is 1. The second kappa shape index (κ2) is 57.5. The van der Waals surface area contributed by atoms with Crippen LogP contribution in [0.3, 0.4) is 0 Å². The molecule has 8 heteroatoms. The third kappa shape index (κ3) is 50.7. The number of likely N-dealkylation sites (tertiary alicyclic amines) is 1. The van der Waals surface area contributed by atoms with Gasteiger partial charge in [0.15, 0.2) is 0 Å². The maximum absolute atomic E-state index is 12.9. The molecular formula is C67H133NO7. The summed E-state index contributed by atoms with van der Waals surface area (Å²) < 4.78 is 23.9. The van der Waals surface area contributed by atoms with Crippen LogP contribution >= 0.6 is 0 Å². The maximum Gasteiger partial charge on any atom is 0.305 e. The summed E-state index contributed by atoms with van der Waals surface area (Å²) in [6.07, 6.45) is 56.9. The highest BCUT2D eigenvalue weighted by Crippen LogP contribution is 2.39. The molecule has 1 saturated heterocycles. The van der Waals surface area contributed by atoms with Gasteiger partial charge in [0.1, 0.15) is 0 Å². The minimum Gasteiger partial charge on any atom is -0.466 e. The average molecular weight is 1060 g/mol. The van der Waals surface area contributed by atoms with Crippen molar-refractivity contribution in [3.05, 3.63) is 0 Å². The fourth-order valence-corrected chi connectivity index (χ4v) is 10.6. The molecule has 0 amide bonds. The van der Waals surface area contributed by atoms with E-state index < -0.39 is 0 Å². The standard InChI is InChI=1S/C45H85NO7.2C11H24/c1-4-6-8-10-12-14-16-20-36-50-40(3)22-26-43(48)52-38-30-45(28-33-46(34-29-45)32-18-19-35-47)31-39-53-44(49)27-25-42(41-23-24-41)51-37-21-17-15-13-11-9-7-5-2;2*1-3-5-7-9-11-10-8-6-4-2/h40-42,47H,4-39H2,1-3H3;2*3-11H2,1-2H3. The number of nitrogens with zero attached hydrogens (tertiary/aromatic N) is 1. The Bertz CT molecular complexity index is 1120. The van der Waals surface area contributed by atoms with E-state index in [2.05, 4.69) is 53.4 Å². The zero-order valence-corrected chi connectivity index (χ0v) is 51.8. The Morgan fingerprint density at radius 1 is 0.453 bits per heavy atom. The lowest BCUT2D eigenvalue weighted by molar-refractivity contribution is -0.146. The molecule has 2 atom stereocenters. The molecule has 1 N–H and O–H groups in total. The molecule has 1 saturated carbocycles. The van der Waals surface area contributed by atoms with E-state index >= 15 is 0 Å². The van der Waals surface area contributed by atoms with E-state index in [9.17, 15) is 14.7 Å². The molecule has 0 aromatic heterocycles. The van der Waals surface area contributed by atoms with Gasteiger partial charge in [-0.15, -0.1) is 0 Å². The largest absolute Gasteiger partial charge is 0.466 e. The van der Waals surface area contributed by atoms with Gasteiger partial charge in [0.25, 0.3) is 0 Å². The Morgan fingerprint density at radius 2 is 0.800 bits per heavy atom. The minimum atomic E-state index is -0.148. The molecule has 1 heterocycles. The molecule has 2 rings (SSSR count). The van der Waals surface area contributed by atoms with Crippen molar-refractivity contribution in [1.29, 1.82) is 0 Å². The first kappa shape index (κ1) is 73.8. The van der Waals surface area contributed by atoms with Crippen LogP contribution in [0.25, 0.3) is 0 Å². The van der Waals surface area contributed by atoms with Crippen molar-refractivity contribution in [1.82, 2.24) is 4.90 Å². The summed E-state index contributed by atoms with van der Waals surface area (Å²) in [6, 6.07) is 0. The van der Waals surface area contributed by atoms with Crippen LogP contribution in [0, 0.1) is 11.3 Å². The van der Waals surface area contributed by atoms with E-state index in [0.29, 0.717) is 38.4 Å². The van der Waals surface area contributed by atoms with Crippen LogP contribution in [0.2, 0.25) is 0 Å². The summed E-state index contributed by atoms with van der Waals surface area (Å²) in [5.74, 6) is 0.347. The first-order valence-electron chi connectivity index (χ1n) is 33.6. The normalized spacial score (nSPS) is 15.1. The fraction of sp³-hybridized carbons (Fsp3) is 0.970. The van der Waals surface area contributed by atoms with Gasteiger partial charge in [0.2, 0.25) is 0 Å². The van der Waals surface area contributed by atoms with E-state index in [0.717, 1.165) is 90.6 Å². The van der Waals surface area contributed by atoms with Gasteiger partial charge in [-0.2, -0.15) is 0 Å². The average Bonchev–Trinajstić information content (AvgIpc) is 4.27. The Morgan fingerprint density at radius 3 is 1.16 bits per heavy atom. The molecule has 448 valence electrons. The molecule has 2 fully saturated rings. The molecule has 0 aromatic carbocycles. The molecule has 8 nitrogen and oxygen atoms in total. The van der Waals surface area contributed by atoms with Crippen molar-refractivity contribution in [2.45, 2.75) is 356 Å². The van der Waals surface area contributed by atoms with Crippen LogP contribution in [-0.2, 0) is 28.5 Å². The van der Waals surface area contributed by atoms with Crippen molar-refractivity contribution in [3.8, 4) is 0 Å². The monoisotopic (exact) mass is 1060 g/mol. The molecule has 0 radical (unpaired) electrons. The molecular weight excluding hydrogens is 931 g/mol. The number of esters is 2. The summed E-state index contributed by atoms with van der Waals surface area (Å²) in [7, 11) is 0. The smallest absolute Gasteiger partial charge is 0.305 e. The summed E-state index contributed by atoms with van der Waals surface area (Å²) in [4.78, 5) is 28.0. The number of hydrogen-bond donors (Lipinski definition) is 1. The maximum atomic E-state index is 12.9. The Balaban J connectivity index is 0.00000205. The summed E-state index contributed by atoms with van der Waals surface area (Å²) in [5.41, 5.74) is -0.00387. The summed E-state index contributed by atoms with van der Waals surface area (Å²) in [6.45, 7) is 21.3. The third-order valence-corrected chi connectivity index (χ3v) is 16.3. The predicted octanol–water partition coefficient (Wildman–Crippen LogP) is 19.8. The summed E-state index contributed by atoms with van der Waals surface area (Å²) in [5, 5.41) is 9.20. The molecule has 0 aromatic rings. The van der Waals surface area contributed by atoms with E-state index in [1.807, 2.05) is 0 Å². The topological polar surface area (TPSA) is 94.5 Å². The fourth-order valence-electron chi connectivity index (χ4n) is 10.6. The molecule has 1 aliphatic heterocycles. The van der Waals surface area contributed by atoms with Crippen LogP contribution in [0.1, 0.15) is 344 Å². The van der Waals surface area contributed by atoms with E-state index in [1.54, 1.807) is 0 Å². The number of carbonyl (C=O) groups is 2. The van der Waals surface area contributed by atoms with Crippen LogP contribution in [0.4, 0.5) is 0 Å². The van der Waals surface area contributed by atoms with E-state index in [1.165, 1.54) is 218 Å². The Labute approximate surface area is 468 Å². The van der Waals surface area contributed by atoms with Crippen molar-refractivity contribution in [2.75, 3.05) is 52.7 Å². The van der Waals surface area contributed by atoms with Crippen molar-refractivity contribution in [3.63, 3.8) is 0 Å². The number of aliphatic hydroxyl groups is 1. The lowest BCUT2D eigenvalue weighted by atomic mass is 9.73. The van der Waals surface area contributed by atoms with Crippen molar-refractivity contribution in [2.24, 2.45) is 11.3 Å². The zero-order valence-electron chi connectivity index (χ0n) is 51.8. The van der Waals surface area contributed by atoms with Gasteiger partial charge in [-0.3, -0.25) is 9.59 Å². The highest BCUT2D eigenvalue weighted by molar-refractivity contribution is 5.69. The van der Waals surface area contributed by atoms with E-state index in [4.69, 9.17) is 18.9 Å². The Hall–Kier alpha value is -1.22. The van der Waals surface area contributed by atoms with Gasteiger partial charge >= 0.3 is 11.9 Å². The van der Waals surface area contributed by atoms with Gasteiger partial charge in [-0.05, 0) is 115 Å². The van der Waals surface area contributed by atoms with Crippen LogP contribution in [-0.4, -0.2) is 86.8 Å². The number of unbranched alkanes of at least 4 members (excludes halogenated alkanes) is 31. The number of carbonyl (C=O) groups excluding carboxylic acids is 2. The van der Waals surface area contributed by atoms with Gasteiger partial charge in [-0.25, -0.2) is 0 Å². The molecule has 1 aliphatic carbocycles. The highest BCUT2D eigenvalue weighted by Gasteiger charge is 2.35. The van der Waals surface area contributed by atoms with E-state index in [-0.39, 0.29) is 36.2 Å². The SMILES string of the molecule is CCCCCCCCCCC.CCCCCCCCCCC.CCCCCCCCCCOC(C)CCC(=O)OCCC1(CCOC(=O)CCC(OCCCCCCCCCC)C2CC2)CCN(CCCCO)CC1. The third-order valence-electron chi connectivity index (χ3n) is 16.3. The summed E-state index contributed by atoms with van der Waals surface area (Å²) >= 11 is 0. The van der Waals surface area contributed by atoms with Crippen LogP contribution < -0.4 is 0 Å². The first-order valence-corrected chi connectivity index (χ1v) is 33.6. The molecule has 75 heavy (non-hydrogen) atoms. The Kier molecular flexibility index (Phi) is 56.5. The van der Waals surface area contributed by atoms with Crippen LogP contribution in [0.15, 0.2) is 0 Å². The molecule has 0 spiro atoms. The lowest BCUT2D eigenvalue weighted by Crippen LogP contribution is -2.42. The van der Waals surface area contributed by atoms with Gasteiger partial charge in [-0.1, -0.05) is 247 Å². The van der Waals surface area contributed by atoms with Crippen LogP contribution in [0.5, 0.6) is 0 Å². The lowest BCUT2D eigenvalue weighted by Gasteiger charge is -2.42. The van der Waals surface area contributed by atoms with Crippen molar-refractivity contribution < 1.29 is 33.6 Å². The number of ether oxygens (including phenoxy) is 4. The number of aliphatic hydroxyl groups excluding tert-OH is 1.